The molecule has 0 radical (unpaired) electrons. The number of fused-ring (bicyclic) bond motifs is 1. The van der Waals surface area contributed by atoms with Crippen LogP contribution in [0.4, 0.5) is 10.5 Å². The molecule has 1 heterocycles. The Balaban J connectivity index is 1.78. The van der Waals surface area contributed by atoms with Crippen molar-refractivity contribution in [3.8, 4) is 17.2 Å². The molecule has 0 bridgehead atoms. The van der Waals surface area contributed by atoms with Crippen molar-refractivity contribution in [2.24, 2.45) is 0 Å². The first-order chi connectivity index (χ1) is 12.5. The van der Waals surface area contributed by atoms with Gasteiger partial charge in [0.15, 0.2) is 11.5 Å². The Bertz CT molecular complexity index is 911. The molecule has 0 saturated carbocycles. The van der Waals surface area contributed by atoms with Gasteiger partial charge in [0.1, 0.15) is 23.9 Å². The number of carbonyl (C=O) groups excluding carboxylic acids is 1. The van der Waals surface area contributed by atoms with E-state index in [-0.39, 0.29) is 17.3 Å². The van der Waals surface area contributed by atoms with Gasteiger partial charge in [-0.15, -0.1) is 0 Å². The fraction of sp³-hybridized carbons (Fsp3) is 0.235. The largest absolute Gasteiger partial charge is 0.486 e. The summed E-state index contributed by atoms with van der Waals surface area (Å²) in [6.07, 6.45) is -0.639. The lowest BCUT2D eigenvalue weighted by atomic mass is 10.3. The first kappa shape index (κ1) is 17.9. The minimum absolute atomic E-state index is 0.0502. The summed E-state index contributed by atoms with van der Waals surface area (Å²) in [6, 6.07) is 10.2. The van der Waals surface area contributed by atoms with Gasteiger partial charge in [-0.05, 0) is 31.2 Å². The number of nitrogens with one attached hydrogen (secondary N) is 1. The Morgan fingerprint density at radius 1 is 1.12 bits per heavy atom. The number of carbonyl (C=O) groups is 1. The second-order valence-corrected chi connectivity index (χ2v) is 6.76. The number of rotatable bonds is 5. The zero-order chi connectivity index (χ0) is 18.6. The third kappa shape index (κ3) is 4.17. The van der Waals surface area contributed by atoms with E-state index in [1.54, 1.807) is 19.1 Å². The zero-order valence-corrected chi connectivity index (χ0v) is 14.7. The highest BCUT2D eigenvalue weighted by Crippen LogP contribution is 2.33. The highest BCUT2D eigenvalue weighted by atomic mass is 32.2. The lowest BCUT2D eigenvalue weighted by Gasteiger charge is -2.18. The maximum atomic E-state index is 12.5. The fourth-order valence-corrected chi connectivity index (χ4v) is 3.20. The third-order valence-corrected chi connectivity index (χ3v) is 4.61. The van der Waals surface area contributed by atoms with Crippen LogP contribution in [0.5, 0.6) is 17.2 Å². The average Bonchev–Trinajstić information content (AvgIpc) is 2.61. The van der Waals surface area contributed by atoms with E-state index in [9.17, 15) is 13.2 Å². The van der Waals surface area contributed by atoms with Crippen LogP contribution >= 0.6 is 0 Å². The number of hydrogen-bond donors (Lipinski definition) is 1. The minimum Gasteiger partial charge on any atom is -0.486 e. The normalized spacial score (nSPS) is 13.0. The van der Waals surface area contributed by atoms with Gasteiger partial charge in [0.25, 0.3) is 0 Å². The summed E-state index contributed by atoms with van der Waals surface area (Å²) in [6.45, 7) is 2.66. The van der Waals surface area contributed by atoms with Crippen molar-refractivity contribution in [3.05, 3.63) is 42.5 Å². The fourth-order valence-electron chi connectivity index (χ4n) is 2.26. The molecular weight excluding hydrogens is 362 g/mol. The summed E-state index contributed by atoms with van der Waals surface area (Å²) in [5.41, 5.74) is 0.346. The second kappa shape index (κ2) is 7.52. The molecule has 9 heteroatoms. The van der Waals surface area contributed by atoms with Gasteiger partial charge in [-0.1, -0.05) is 6.07 Å². The zero-order valence-electron chi connectivity index (χ0n) is 13.9. The minimum atomic E-state index is -4.08. The van der Waals surface area contributed by atoms with Crippen LogP contribution in [-0.2, 0) is 14.9 Å². The van der Waals surface area contributed by atoms with Gasteiger partial charge in [0.2, 0.25) is 0 Å². The Morgan fingerprint density at radius 2 is 1.88 bits per heavy atom. The first-order valence-electron chi connectivity index (χ1n) is 7.86. The standard InChI is InChI=1S/C17H17NO7S/c1-2-22-17(19)18-12-4-3-5-13(10-12)25-26(20,21)14-6-7-15-16(11-14)24-9-8-23-15/h3-7,10-11H,2,8-9H2,1H3,(H,18,19). The lowest BCUT2D eigenvalue weighted by Crippen LogP contribution is -2.16. The first-order valence-corrected chi connectivity index (χ1v) is 9.27. The Hall–Kier alpha value is -2.94. The van der Waals surface area contributed by atoms with Crippen molar-refractivity contribution >= 4 is 21.9 Å². The maximum absolute atomic E-state index is 12.5. The second-order valence-electron chi connectivity index (χ2n) is 5.22. The maximum Gasteiger partial charge on any atom is 0.411 e. The highest BCUT2D eigenvalue weighted by molar-refractivity contribution is 7.87. The monoisotopic (exact) mass is 379 g/mol. The third-order valence-electron chi connectivity index (χ3n) is 3.36. The van der Waals surface area contributed by atoms with E-state index in [0.29, 0.717) is 30.4 Å². The molecule has 2 aromatic rings. The SMILES string of the molecule is CCOC(=O)Nc1cccc(OS(=O)(=O)c2ccc3c(c2)OCCO3)c1. The smallest absolute Gasteiger partial charge is 0.411 e. The van der Waals surface area contributed by atoms with Gasteiger partial charge in [-0.25, -0.2) is 4.79 Å². The molecule has 26 heavy (non-hydrogen) atoms. The number of benzene rings is 2. The van der Waals surface area contributed by atoms with Crippen molar-refractivity contribution in [2.75, 3.05) is 25.1 Å². The number of amides is 1. The van der Waals surface area contributed by atoms with Crippen LogP contribution in [0.2, 0.25) is 0 Å². The predicted molar refractivity (Wildman–Crippen MR) is 92.3 cm³/mol. The predicted octanol–water partition coefficient (Wildman–Crippen LogP) is 2.79. The number of anilines is 1. The molecule has 0 unspecified atom stereocenters. The number of hydrogen-bond acceptors (Lipinski definition) is 7. The molecule has 1 amide bonds. The number of ether oxygens (including phenoxy) is 3. The van der Waals surface area contributed by atoms with Crippen LogP contribution in [0.1, 0.15) is 6.92 Å². The van der Waals surface area contributed by atoms with Crippen molar-refractivity contribution in [2.45, 2.75) is 11.8 Å². The van der Waals surface area contributed by atoms with Gasteiger partial charge in [-0.2, -0.15) is 8.42 Å². The van der Waals surface area contributed by atoms with E-state index in [2.05, 4.69) is 5.32 Å². The summed E-state index contributed by atoms with van der Waals surface area (Å²) in [7, 11) is -4.08. The molecule has 0 aliphatic carbocycles. The van der Waals surface area contributed by atoms with E-state index in [4.69, 9.17) is 18.4 Å². The molecule has 1 N–H and O–H groups in total. The molecular formula is C17H17NO7S. The Kier molecular flexibility index (Phi) is 5.17. The van der Waals surface area contributed by atoms with E-state index in [1.165, 1.54) is 30.3 Å². The molecule has 138 valence electrons. The average molecular weight is 379 g/mol. The van der Waals surface area contributed by atoms with Crippen LogP contribution in [-0.4, -0.2) is 34.3 Å². The summed E-state index contributed by atoms with van der Waals surface area (Å²) in [4.78, 5) is 11.4. The van der Waals surface area contributed by atoms with E-state index >= 15 is 0 Å². The van der Waals surface area contributed by atoms with Crippen LogP contribution in [0, 0.1) is 0 Å². The molecule has 1 aliphatic rings. The molecule has 8 nitrogen and oxygen atoms in total. The van der Waals surface area contributed by atoms with Gasteiger partial charge in [0.05, 0.1) is 6.61 Å². The van der Waals surface area contributed by atoms with Crippen LogP contribution in [0.25, 0.3) is 0 Å². The Morgan fingerprint density at radius 3 is 2.65 bits per heavy atom. The van der Waals surface area contributed by atoms with Gasteiger partial charge >= 0.3 is 16.2 Å². The van der Waals surface area contributed by atoms with E-state index in [1.807, 2.05) is 0 Å². The lowest BCUT2D eigenvalue weighted by molar-refractivity contribution is 0.168. The topological polar surface area (TPSA) is 100 Å². The van der Waals surface area contributed by atoms with E-state index < -0.39 is 16.2 Å². The summed E-state index contributed by atoms with van der Waals surface area (Å²) in [5.74, 6) is 0.878. The molecule has 2 aromatic carbocycles. The quantitative estimate of drug-likeness (QED) is 0.797. The molecule has 0 aromatic heterocycles. The van der Waals surface area contributed by atoms with Crippen LogP contribution in [0.3, 0.4) is 0 Å². The molecule has 0 fully saturated rings. The van der Waals surface area contributed by atoms with Gasteiger partial charge in [0, 0.05) is 17.8 Å². The van der Waals surface area contributed by atoms with Gasteiger partial charge < -0.3 is 18.4 Å². The molecule has 0 spiro atoms. The van der Waals surface area contributed by atoms with Crippen molar-refractivity contribution < 1.29 is 31.6 Å². The van der Waals surface area contributed by atoms with Crippen LogP contribution < -0.4 is 19.0 Å². The summed E-state index contributed by atoms with van der Waals surface area (Å²) >= 11 is 0. The molecule has 3 rings (SSSR count). The van der Waals surface area contributed by atoms with E-state index in [0.717, 1.165) is 0 Å². The highest BCUT2D eigenvalue weighted by Gasteiger charge is 2.21. The van der Waals surface area contributed by atoms with Gasteiger partial charge in [-0.3, -0.25) is 5.32 Å². The molecule has 0 saturated heterocycles. The summed E-state index contributed by atoms with van der Waals surface area (Å²) in [5, 5.41) is 2.48. The van der Waals surface area contributed by atoms with Crippen molar-refractivity contribution in [1.82, 2.24) is 0 Å². The Labute approximate surface area is 150 Å². The molecule has 1 aliphatic heterocycles. The van der Waals surface area contributed by atoms with Crippen molar-refractivity contribution in [1.29, 1.82) is 0 Å². The van der Waals surface area contributed by atoms with Crippen LogP contribution in [0.15, 0.2) is 47.4 Å². The summed E-state index contributed by atoms with van der Waals surface area (Å²) < 4.78 is 45.7. The molecule has 0 atom stereocenters. The van der Waals surface area contributed by atoms with Crippen molar-refractivity contribution in [3.63, 3.8) is 0 Å².